The first-order chi connectivity index (χ1) is 11.5. The summed E-state index contributed by atoms with van der Waals surface area (Å²) >= 11 is 1.33. The highest BCUT2D eigenvalue weighted by Crippen LogP contribution is 2.38. The van der Waals surface area contributed by atoms with Gasteiger partial charge in [0.25, 0.3) is 0 Å². The number of para-hydroxylation sites is 1. The molecule has 0 fully saturated rings. The zero-order valence-corrected chi connectivity index (χ0v) is 13.8. The van der Waals surface area contributed by atoms with Gasteiger partial charge in [0.2, 0.25) is 0 Å². The molecule has 2 heterocycles. The largest absolute Gasteiger partial charge is 0.434 e. The molecule has 0 N–H and O–H groups in total. The zero-order valence-electron chi connectivity index (χ0n) is 12.9. The van der Waals surface area contributed by atoms with Crippen LogP contribution in [0.4, 0.5) is 13.2 Å². The van der Waals surface area contributed by atoms with Gasteiger partial charge in [0.15, 0.2) is 16.7 Å². The number of nitrogens with zero attached hydrogens (tertiary/aromatic N) is 5. The lowest BCUT2D eigenvalue weighted by molar-refractivity contribution is -0.142. The molecule has 1 aromatic carbocycles. The summed E-state index contributed by atoms with van der Waals surface area (Å²) in [6.07, 6.45) is -1.58. The minimum absolute atomic E-state index is 0.0824. The van der Waals surface area contributed by atoms with Crippen LogP contribution in [0.15, 0.2) is 41.7 Å². The molecular weight excluding hydrogens is 339 g/mol. The number of halogens is 3. The van der Waals surface area contributed by atoms with Crippen LogP contribution in [0.1, 0.15) is 12.6 Å². The van der Waals surface area contributed by atoms with Gasteiger partial charge >= 0.3 is 6.18 Å². The van der Waals surface area contributed by atoms with Gasteiger partial charge in [0, 0.05) is 6.54 Å². The number of hydrogen-bond acceptors (Lipinski definition) is 4. The first-order valence-corrected chi connectivity index (χ1v) is 8.38. The van der Waals surface area contributed by atoms with E-state index in [0.717, 1.165) is 4.68 Å². The van der Waals surface area contributed by atoms with Gasteiger partial charge in [-0.1, -0.05) is 30.0 Å². The van der Waals surface area contributed by atoms with Crippen LogP contribution in [0.25, 0.3) is 17.1 Å². The summed E-state index contributed by atoms with van der Waals surface area (Å²) in [5.74, 6) is 0.163. The van der Waals surface area contributed by atoms with Crippen LogP contribution in [0, 0.1) is 0 Å². The van der Waals surface area contributed by atoms with Crippen molar-refractivity contribution in [2.24, 2.45) is 0 Å². The van der Waals surface area contributed by atoms with E-state index in [2.05, 4.69) is 15.3 Å². The second-order valence-corrected chi connectivity index (χ2v) is 5.68. The Morgan fingerprint density at radius 3 is 2.42 bits per heavy atom. The number of alkyl halides is 3. The summed E-state index contributed by atoms with van der Waals surface area (Å²) in [6, 6.07) is 8.21. The summed E-state index contributed by atoms with van der Waals surface area (Å²) in [7, 11) is 0. The normalized spacial score (nSPS) is 11.9. The minimum atomic E-state index is -4.58. The lowest BCUT2D eigenvalue weighted by Crippen LogP contribution is -2.15. The fourth-order valence-electron chi connectivity index (χ4n) is 2.47. The van der Waals surface area contributed by atoms with Crippen molar-refractivity contribution in [3.8, 4) is 17.1 Å². The van der Waals surface area contributed by atoms with E-state index in [9.17, 15) is 13.2 Å². The van der Waals surface area contributed by atoms with Gasteiger partial charge in [-0.15, -0.1) is 10.2 Å². The van der Waals surface area contributed by atoms with Gasteiger partial charge in [0.05, 0.1) is 17.4 Å². The number of rotatable bonds is 4. The standard InChI is InChI=1S/C15H14F3N5S/c1-3-22-13(20-21-14(22)24-2)11-9-19-23(12(11)15(16,17)18)10-7-5-4-6-8-10/h4-9H,3H2,1-2H3. The molecule has 0 atom stereocenters. The highest BCUT2D eigenvalue weighted by Gasteiger charge is 2.40. The highest BCUT2D eigenvalue weighted by molar-refractivity contribution is 7.98. The Morgan fingerprint density at radius 1 is 1.12 bits per heavy atom. The molecule has 0 aliphatic heterocycles. The van der Waals surface area contributed by atoms with E-state index in [1.165, 1.54) is 18.0 Å². The Labute approximate surface area is 140 Å². The monoisotopic (exact) mass is 353 g/mol. The third kappa shape index (κ3) is 2.79. The Kier molecular flexibility index (Phi) is 4.35. The van der Waals surface area contributed by atoms with Crippen molar-refractivity contribution in [1.29, 1.82) is 0 Å². The Balaban J connectivity index is 2.24. The third-order valence-corrected chi connectivity index (χ3v) is 4.16. The second-order valence-electron chi connectivity index (χ2n) is 4.91. The maximum Gasteiger partial charge on any atom is 0.434 e. The van der Waals surface area contributed by atoms with Crippen LogP contribution in [0.3, 0.4) is 0 Å². The van der Waals surface area contributed by atoms with Crippen LogP contribution in [-0.4, -0.2) is 30.8 Å². The summed E-state index contributed by atoms with van der Waals surface area (Å²) in [5.41, 5.74) is -0.604. The molecule has 0 saturated heterocycles. The van der Waals surface area contributed by atoms with Crippen molar-refractivity contribution in [1.82, 2.24) is 24.5 Å². The van der Waals surface area contributed by atoms with Gasteiger partial charge in [-0.25, -0.2) is 4.68 Å². The van der Waals surface area contributed by atoms with Gasteiger partial charge in [-0.2, -0.15) is 18.3 Å². The quantitative estimate of drug-likeness (QED) is 0.668. The number of thioether (sulfide) groups is 1. The summed E-state index contributed by atoms with van der Waals surface area (Å²) in [5, 5.41) is 12.4. The molecule has 24 heavy (non-hydrogen) atoms. The molecule has 0 radical (unpaired) electrons. The van der Waals surface area contributed by atoms with Crippen LogP contribution in [0.5, 0.6) is 0 Å². The van der Waals surface area contributed by atoms with Crippen molar-refractivity contribution in [2.45, 2.75) is 24.8 Å². The van der Waals surface area contributed by atoms with Crippen molar-refractivity contribution < 1.29 is 13.2 Å². The Bertz CT molecular complexity index is 839. The van der Waals surface area contributed by atoms with Gasteiger partial charge in [0.1, 0.15) is 0 Å². The van der Waals surface area contributed by atoms with Gasteiger partial charge in [-0.05, 0) is 25.3 Å². The maximum atomic E-state index is 13.7. The molecule has 0 spiro atoms. The van der Waals surface area contributed by atoms with E-state index >= 15 is 0 Å². The average Bonchev–Trinajstić information content (AvgIpc) is 3.18. The van der Waals surface area contributed by atoms with Crippen LogP contribution in [-0.2, 0) is 12.7 Å². The summed E-state index contributed by atoms with van der Waals surface area (Å²) in [4.78, 5) is 0. The molecular formula is C15H14F3N5S. The smallest absolute Gasteiger partial charge is 0.302 e. The molecule has 0 unspecified atom stereocenters. The molecule has 0 bridgehead atoms. The molecule has 126 valence electrons. The molecule has 3 aromatic rings. The van der Waals surface area contributed by atoms with E-state index in [1.807, 2.05) is 6.92 Å². The number of benzene rings is 1. The third-order valence-electron chi connectivity index (χ3n) is 3.50. The van der Waals surface area contributed by atoms with E-state index in [4.69, 9.17) is 0 Å². The van der Waals surface area contributed by atoms with Crippen molar-refractivity contribution >= 4 is 11.8 Å². The topological polar surface area (TPSA) is 48.5 Å². The Morgan fingerprint density at radius 2 is 1.83 bits per heavy atom. The predicted molar refractivity (Wildman–Crippen MR) is 85.0 cm³/mol. The van der Waals surface area contributed by atoms with Crippen LogP contribution < -0.4 is 0 Å². The van der Waals surface area contributed by atoms with E-state index in [1.54, 1.807) is 41.2 Å². The summed E-state index contributed by atoms with van der Waals surface area (Å²) < 4.78 is 43.7. The number of hydrogen-bond donors (Lipinski definition) is 0. The van der Waals surface area contributed by atoms with E-state index in [0.29, 0.717) is 17.4 Å². The van der Waals surface area contributed by atoms with Gasteiger partial charge < -0.3 is 4.57 Å². The van der Waals surface area contributed by atoms with Crippen molar-refractivity contribution in [2.75, 3.05) is 6.26 Å². The van der Waals surface area contributed by atoms with Gasteiger partial charge in [-0.3, -0.25) is 0 Å². The first-order valence-electron chi connectivity index (χ1n) is 7.15. The maximum absolute atomic E-state index is 13.7. The van der Waals surface area contributed by atoms with Crippen LogP contribution >= 0.6 is 11.8 Å². The molecule has 0 aliphatic carbocycles. The molecule has 5 nitrogen and oxygen atoms in total. The predicted octanol–water partition coefficient (Wildman–Crippen LogP) is 3.89. The summed E-state index contributed by atoms with van der Waals surface area (Å²) in [6.45, 7) is 2.30. The lowest BCUT2D eigenvalue weighted by Gasteiger charge is -2.13. The highest BCUT2D eigenvalue weighted by atomic mass is 32.2. The second kappa shape index (κ2) is 6.31. The van der Waals surface area contributed by atoms with E-state index < -0.39 is 11.9 Å². The minimum Gasteiger partial charge on any atom is -0.302 e. The Hall–Kier alpha value is -2.29. The number of aromatic nitrogens is 5. The molecule has 3 rings (SSSR count). The van der Waals surface area contributed by atoms with E-state index in [-0.39, 0.29) is 11.4 Å². The SMILES string of the molecule is CCn1c(SC)nnc1-c1cnn(-c2ccccc2)c1C(F)(F)F. The average molecular weight is 353 g/mol. The first kappa shape index (κ1) is 16.6. The molecule has 0 saturated carbocycles. The fourth-order valence-corrected chi connectivity index (χ4v) is 3.03. The zero-order chi connectivity index (χ0) is 17.3. The van der Waals surface area contributed by atoms with Crippen molar-refractivity contribution in [3.63, 3.8) is 0 Å². The molecule has 2 aromatic heterocycles. The van der Waals surface area contributed by atoms with Crippen molar-refractivity contribution in [3.05, 3.63) is 42.2 Å². The van der Waals surface area contributed by atoms with Crippen LogP contribution in [0.2, 0.25) is 0 Å². The fraction of sp³-hybridized carbons (Fsp3) is 0.267. The molecule has 0 aliphatic rings. The lowest BCUT2D eigenvalue weighted by atomic mass is 10.2. The molecule has 9 heteroatoms. The molecule has 0 amide bonds.